The molecule has 5 heteroatoms. The lowest BCUT2D eigenvalue weighted by Gasteiger charge is -2.25. The Labute approximate surface area is 146 Å². The minimum absolute atomic E-state index is 0.620. The second-order valence-electron chi connectivity index (χ2n) is 6.75. The maximum Gasteiger partial charge on any atom is 0.193 e. The molecule has 2 rings (SSSR count). The number of ether oxygens (including phenoxy) is 1. The molecule has 1 aliphatic heterocycles. The number of methoxy groups -OCH3 is 1. The van der Waals surface area contributed by atoms with E-state index >= 15 is 0 Å². The lowest BCUT2D eigenvalue weighted by atomic mass is 10.1. The molecule has 0 radical (unpaired) electrons. The van der Waals surface area contributed by atoms with Crippen molar-refractivity contribution in [3.05, 3.63) is 29.8 Å². The third-order valence-electron chi connectivity index (χ3n) is 4.53. The van der Waals surface area contributed by atoms with Crippen LogP contribution in [-0.2, 0) is 6.54 Å². The predicted molar refractivity (Wildman–Crippen MR) is 101 cm³/mol. The molecule has 0 spiro atoms. The summed E-state index contributed by atoms with van der Waals surface area (Å²) in [5.41, 5.74) is 1.24. The Kier molecular flexibility index (Phi) is 7.37. The molecule has 134 valence electrons. The minimum atomic E-state index is 0.620. The van der Waals surface area contributed by atoms with Gasteiger partial charge in [-0.2, -0.15) is 0 Å². The zero-order valence-corrected chi connectivity index (χ0v) is 15.6. The average Bonchev–Trinajstić information content (AvgIpc) is 3.09. The van der Waals surface area contributed by atoms with Crippen molar-refractivity contribution < 1.29 is 4.74 Å². The Morgan fingerprint density at radius 1 is 1.29 bits per heavy atom. The molecule has 1 unspecified atom stereocenters. The summed E-state index contributed by atoms with van der Waals surface area (Å²) < 4.78 is 5.21. The van der Waals surface area contributed by atoms with Crippen LogP contribution < -0.4 is 10.1 Å². The summed E-state index contributed by atoms with van der Waals surface area (Å²) in [6.07, 6.45) is 2.71. The van der Waals surface area contributed by atoms with E-state index in [2.05, 4.69) is 46.2 Å². The number of aliphatic imine (C=N–C) groups is 1. The van der Waals surface area contributed by atoms with Gasteiger partial charge in [-0.1, -0.05) is 19.1 Å². The Bertz CT molecular complexity index is 509. The molecule has 0 aromatic heterocycles. The first-order chi connectivity index (χ1) is 11.6. The van der Waals surface area contributed by atoms with Crippen molar-refractivity contribution in [1.82, 2.24) is 15.1 Å². The zero-order valence-electron chi connectivity index (χ0n) is 15.6. The maximum atomic E-state index is 5.21. The highest BCUT2D eigenvalue weighted by atomic mass is 16.5. The highest BCUT2D eigenvalue weighted by Crippen LogP contribution is 2.13. The van der Waals surface area contributed by atoms with Gasteiger partial charge in [0.15, 0.2) is 5.96 Å². The lowest BCUT2D eigenvalue weighted by Crippen LogP contribution is -2.42. The number of likely N-dealkylation sites (tertiary alicyclic amines) is 1. The highest BCUT2D eigenvalue weighted by molar-refractivity contribution is 5.79. The smallest absolute Gasteiger partial charge is 0.193 e. The van der Waals surface area contributed by atoms with Crippen LogP contribution in [0.1, 0.15) is 25.3 Å². The van der Waals surface area contributed by atoms with E-state index in [1.165, 1.54) is 38.0 Å². The molecular weight excluding hydrogens is 300 g/mol. The molecule has 1 aromatic rings. The van der Waals surface area contributed by atoms with Gasteiger partial charge in [-0.05, 0) is 49.5 Å². The molecule has 1 atom stereocenters. The molecule has 1 aromatic carbocycles. The summed E-state index contributed by atoms with van der Waals surface area (Å²) in [5, 5.41) is 3.51. The van der Waals surface area contributed by atoms with Gasteiger partial charge in [0, 0.05) is 33.7 Å². The zero-order chi connectivity index (χ0) is 17.4. The summed E-state index contributed by atoms with van der Waals surface area (Å²) >= 11 is 0. The molecule has 0 saturated carbocycles. The standard InChI is InChI=1S/C19H32N4O/c1-16(14-23-11-5-6-12-23)13-21-19(20-2)22(3)15-17-7-9-18(24-4)10-8-17/h7-10,16H,5-6,11-15H2,1-4H3,(H,20,21). The summed E-state index contributed by atoms with van der Waals surface area (Å²) in [7, 11) is 5.61. The maximum absolute atomic E-state index is 5.21. The fourth-order valence-corrected chi connectivity index (χ4v) is 3.20. The average molecular weight is 332 g/mol. The summed E-state index contributed by atoms with van der Waals surface area (Å²) in [5.74, 6) is 2.45. The minimum Gasteiger partial charge on any atom is -0.497 e. The third kappa shape index (κ3) is 5.71. The number of hydrogen-bond donors (Lipinski definition) is 1. The molecule has 1 fully saturated rings. The molecule has 1 saturated heterocycles. The summed E-state index contributed by atoms with van der Waals surface area (Å²) in [6, 6.07) is 8.19. The van der Waals surface area contributed by atoms with Gasteiger partial charge in [-0.3, -0.25) is 4.99 Å². The van der Waals surface area contributed by atoms with Crippen LogP contribution in [0.2, 0.25) is 0 Å². The van der Waals surface area contributed by atoms with Gasteiger partial charge >= 0.3 is 0 Å². The lowest BCUT2D eigenvalue weighted by molar-refractivity contribution is 0.286. The van der Waals surface area contributed by atoms with Crippen molar-refractivity contribution in [2.75, 3.05) is 47.4 Å². The van der Waals surface area contributed by atoms with Crippen molar-refractivity contribution in [2.45, 2.75) is 26.3 Å². The van der Waals surface area contributed by atoms with Gasteiger partial charge in [0.25, 0.3) is 0 Å². The van der Waals surface area contributed by atoms with Gasteiger partial charge in [-0.25, -0.2) is 0 Å². The normalized spacial score (nSPS) is 16.9. The number of nitrogens with zero attached hydrogens (tertiary/aromatic N) is 3. The van der Waals surface area contributed by atoms with Crippen molar-refractivity contribution in [1.29, 1.82) is 0 Å². The molecule has 0 aliphatic carbocycles. The van der Waals surface area contributed by atoms with E-state index in [4.69, 9.17) is 4.74 Å². The van der Waals surface area contributed by atoms with Gasteiger partial charge in [-0.15, -0.1) is 0 Å². The van der Waals surface area contributed by atoms with E-state index in [1.807, 2.05) is 19.2 Å². The van der Waals surface area contributed by atoms with E-state index < -0.39 is 0 Å². The van der Waals surface area contributed by atoms with E-state index in [0.29, 0.717) is 5.92 Å². The van der Waals surface area contributed by atoms with E-state index in [-0.39, 0.29) is 0 Å². The van der Waals surface area contributed by atoms with Crippen molar-refractivity contribution >= 4 is 5.96 Å². The van der Waals surface area contributed by atoms with Gasteiger partial charge in [0.2, 0.25) is 0 Å². The first kappa shape index (κ1) is 18.6. The number of benzene rings is 1. The van der Waals surface area contributed by atoms with Crippen LogP contribution in [0.3, 0.4) is 0 Å². The van der Waals surface area contributed by atoms with Crippen LogP contribution in [0.5, 0.6) is 5.75 Å². The Hall–Kier alpha value is -1.75. The largest absolute Gasteiger partial charge is 0.497 e. The number of nitrogens with one attached hydrogen (secondary N) is 1. The molecule has 0 amide bonds. The second kappa shape index (κ2) is 9.52. The number of hydrogen-bond acceptors (Lipinski definition) is 3. The van der Waals surface area contributed by atoms with Gasteiger partial charge in [0.05, 0.1) is 7.11 Å². The second-order valence-corrected chi connectivity index (χ2v) is 6.75. The Balaban J connectivity index is 1.78. The molecule has 24 heavy (non-hydrogen) atoms. The highest BCUT2D eigenvalue weighted by Gasteiger charge is 2.15. The van der Waals surface area contributed by atoms with Crippen LogP contribution in [-0.4, -0.2) is 63.1 Å². The molecule has 1 N–H and O–H groups in total. The number of guanidine groups is 1. The van der Waals surface area contributed by atoms with Crippen LogP contribution >= 0.6 is 0 Å². The monoisotopic (exact) mass is 332 g/mol. The van der Waals surface area contributed by atoms with Crippen LogP contribution in [0.25, 0.3) is 0 Å². The predicted octanol–water partition coefficient (Wildman–Crippen LogP) is 2.43. The summed E-state index contributed by atoms with van der Waals surface area (Å²) in [4.78, 5) is 9.14. The quantitative estimate of drug-likeness (QED) is 0.615. The van der Waals surface area contributed by atoms with Crippen LogP contribution in [0.15, 0.2) is 29.3 Å². The molecule has 5 nitrogen and oxygen atoms in total. The Morgan fingerprint density at radius 2 is 1.96 bits per heavy atom. The summed E-state index contributed by atoms with van der Waals surface area (Å²) in [6.45, 7) is 7.78. The molecule has 1 heterocycles. The van der Waals surface area contributed by atoms with E-state index in [9.17, 15) is 0 Å². The van der Waals surface area contributed by atoms with Crippen molar-refractivity contribution in [3.8, 4) is 5.75 Å². The fraction of sp³-hybridized carbons (Fsp3) is 0.632. The van der Waals surface area contributed by atoms with Gasteiger partial charge in [0.1, 0.15) is 5.75 Å². The Morgan fingerprint density at radius 3 is 2.54 bits per heavy atom. The topological polar surface area (TPSA) is 40.1 Å². The van der Waals surface area contributed by atoms with Crippen molar-refractivity contribution in [3.63, 3.8) is 0 Å². The first-order valence-electron chi connectivity index (χ1n) is 8.89. The van der Waals surface area contributed by atoms with Crippen LogP contribution in [0.4, 0.5) is 0 Å². The SMILES string of the molecule is CN=C(NCC(C)CN1CCCC1)N(C)Cc1ccc(OC)cc1. The van der Waals surface area contributed by atoms with E-state index in [1.54, 1.807) is 7.11 Å². The molecule has 1 aliphatic rings. The van der Waals surface area contributed by atoms with Crippen molar-refractivity contribution in [2.24, 2.45) is 10.9 Å². The third-order valence-corrected chi connectivity index (χ3v) is 4.53. The first-order valence-corrected chi connectivity index (χ1v) is 8.89. The van der Waals surface area contributed by atoms with Crippen LogP contribution in [0, 0.1) is 5.92 Å². The number of rotatable bonds is 7. The fourth-order valence-electron chi connectivity index (χ4n) is 3.20. The van der Waals surface area contributed by atoms with Gasteiger partial charge < -0.3 is 19.9 Å². The molecular formula is C19H32N4O. The van der Waals surface area contributed by atoms with E-state index in [0.717, 1.165) is 24.8 Å². The molecule has 0 bridgehead atoms.